The van der Waals surface area contributed by atoms with Crippen LogP contribution in [0, 0.1) is 5.82 Å². The van der Waals surface area contributed by atoms with Crippen molar-refractivity contribution in [2.45, 2.75) is 6.54 Å². The molecule has 0 saturated carbocycles. The molecule has 0 aromatic heterocycles. The summed E-state index contributed by atoms with van der Waals surface area (Å²) in [5.74, 6) is 2.45. The van der Waals surface area contributed by atoms with Crippen LogP contribution in [0.5, 0.6) is 0 Å². The van der Waals surface area contributed by atoms with E-state index in [0.29, 0.717) is 6.54 Å². The van der Waals surface area contributed by atoms with Gasteiger partial charge in [-0.1, -0.05) is 18.2 Å². The maximum atomic E-state index is 13.0. The van der Waals surface area contributed by atoms with Gasteiger partial charge in [-0.3, -0.25) is 4.99 Å². The average molecular weight is 409 g/mol. The van der Waals surface area contributed by atoms with Crippen LogP contribution in [0.4, 0.5) is 4.39 Å². The lowest BCUT2D eigenvalue weighted by molar-refractivity contribution is 0.624. The molecule has 0 radical (unpaired) electrons. The summed E-state index contributed by atoms with van der Waals surface area (Å²) in [7, 11) is 1.72. The Morgan fingerprint density at radius 3 is 2.90 bits per heavy atom. The highest BCUT2D eigenvalue weighted by Gasteiger charge is 1.98. The molecule has 0 aliphatic rings. The van der Waals surface area contributed by atoms with Crippen LogP contribution in [0.15, 0.2) is 41.9 Å². The summed E-state index contributed by atoms with van der Waals surface area (Å²) in [5, 5.41) is 6.35. The van der Waals surface area contributed by atoms with Crippen LogP contribution in [0.1, 0.15) is 5.56 Å². The van der Waals surface area contributed by atoms with Crippen molar-refractivity contribution < 1.29 is 4.39 Å². The summed E-state index contributed by atoms with van der Waals surface area (Å²) >= 11 is 1.81. The molecule has 0 aliphatic carbocycles. The number of halogens is 2. The van der Waals surface area contributed by atoms with Crippen molar-refractivity contribution in [2.75, 3.05) is 25.1 Å². The smallest absolute Gasteiger partial charge is 0.191 e. The molecule has 6 heteroatoms. The Labute approximate surface area is 141 Å². The minimum atomic E-state index is -0.219. The predicted octanol–water partition coefficient (Wildman–Crippen LogP) is 3.03. The van der Waals surface area contributed by atoms with Gasteiger partial charge in [0, 0.05) is 31.6 Å². The zero-order valence-electron chi connectivity index (χ0n) is 11.6. The van der Waals surface area contributed by atoms with Crippen molar-refractivity contribution in [3.63, 3.8) is 0 Å². The van der Waals surface area contributed by atoms with E-state index in [1.807, 2.05) is 23.9 Å². The van der Waals surface area contributed by atoms with Gasteiger partial charge in [-0.15, -0.1) is 30.6 Å². The van der Waals surface area contributed by atoms with Crippen LogP contribution in [-0.4, -0.2) is 31.1 Å². The number of thioether (sulfide) groups is 1. The Balaban J connectivity index is 0.00000361. The summed E-state index contributed by atoms with van der Waals surface area (Å²) < 4.78 is 13.0. The lowest BCUT2D eigenvalue weighted by Crippen LogP contribution is -2.37. The Morgan fingerprint density at radius 1 is 1.45 bits per heavy atom. The summed E-state index contributed by atoms with van der Waals surface area (Å²) in [5.41, 5.74) is 0.893. The van der Waals surface area contributed by atoms with Crippen LogP contribution in [-0.2, 0) is 6.54 Å². The van der Waals surface area contributed by atoms with Gasteiger partial charge < -0.3 is 10.6 Å². The number of nitrogens with zero attached hydrogens (tertiary/aromatic N) is 1. The first kappa shape index (κ1) is 19.2. The standard InChI is InChI=1S/C14H20FN3S.HI/c1-3-8-19-9-7-17-14(16-2)18-11-12-5-4-6-13(15)10-12;/h3-6,10H,1,7-9,11H2,2H3,(H2,16,17,18);1H. The van der Waals surface area contributed by atoms with Gasteiger partial charge in [0.25, 0.3) is 0 Å². The Kier molecular flexibility index (Phi) is 11.6. The fourth-order valence-electron chi connectivity index (χ4n) is 1.46. The van der Waals surface area contributed by atoms with E-state index in [0.717, 1.165) is 29.6 Å². The molecule has 1 aromatic rings. The third-order valence-corrected chi connectivity index (χ3v) is 3.31. The summed E-state index contributed by atoms with van der Waals surface area (Å²) in [6, 6.07) is 6.53. The molecule has 1 rings (SSSR count). The molecule has 0 bridgehead atoms. The van der Waals surface area contributed by atoms with E-state index in [9.17, 15) is 4.39 Å². The second kappa shape index (κ2) is 12.0. The van der Waals surface area contributed by atoms with Crippen molar-refractivity contribution in [1.82, 2.24) is 10.6 Å². The summed E-state index contributed by atoms with van der Waals surface area (Å²) in [4.78, 5) is 4.11. The van der Waals surface area contributed by atoms with E-state index in [1.165, 1.54) is 12.1 Å². The second-order valence-corrected chi connectivity index (χ2v) is 5.00. The molecule has 0 heterocycles. The number of benzene rings is 1. The van der Waals surface area contributed by atoms with Gasteiger partial charge in [0.1, 0.15) is 5.82 Å². The van der Waals surface area contributed by atoms with Crippen molar-refractivity contribution in [3.8, 4) is 0 Å². The highest BCUT2D eigenvalue weighted by Crippen LogP contribution is 2.02. The van der Waals surface area contributed by atoms with E-state index in [1.54, 1.807) is 13.1 Å². The van der Waals surface area contributed by atoms with Crippen LogP contribution in [0.25, 0.3) is 0 Å². The zero-order chi connectivity index (χ0) is 13.9. The zero-order valence-corrected chi connectivity index (χ0v) is 14.7. The van der Waals surface area contributed by atoms with Crippen LogP contribution in [0.3, 0.4) is 0 Å². The van der Waals surface area contributed by atoms with Crippen molar-refractivity contribution >= 4 is 41.7 Å². The lowest BCUT2D eigenvalue weighted by Gasteiger charge is -2.11. The first-order valence-corrected chi connectivity index (χ1v) is 7.29. The molecule has 0 aliphatic heterocycles. The van der Waals surface area contributed by atoms with Gasteiger partial charge in [-0.2, -0.15) is 11.8 Å². The Morgan fingerprint density at radius 2 is 2.25 bits per heavy atom. The molecule has 0 spiro atoms. The molecule has 0 amide bonds. The number of hydrogen-bond acceptors (Lipinski definition) is 2. The molecule has 0 fully saturated rings. The Bertz CT molecular complexity index is 427. The largest absolute Gasteiger partial charge is 0.356 e. The van der Waals surface area contributed by atoms with E-state index in [2.05, 4.69) is 22.2 Å². The van der Waals surface area contributed by atoms with Crippen molar-refractivity contribution in [2.24, 2.45) is 4.99 Å². The van der Waals surface area contributed by atoms with E-state index in [4.69, 9.17) is 0 Å². The first-order valence-electron chi connectivity index (χ1n) is 6.14. The number of hydrogen-bond donors (Lipinski definition) is 2. The van der Waals surface area contributed by atoms with Crippen LogP contribution in [0.2, 0.25) is 0 Å². The molecule has 0 saturated heterocycles. The van der Waals surface area contributed by atoms with Gasteiger partial charge >= 0.3 is 0 Å². The number of aliphatic imine (C=N–C) groups is 1. The minimum absolute atomic E-state index is 0. The molecule has 1 aromatic carbocycles. The number of nitrogens with one attached hydrogen (secondary N) is 2. The van der Waals surface area contributed by atoms with Gasteiger partial charge in [-0.05, 0) is 17.7 Å². The topological polar surface area (TPSA) is 36.4 Å². The SMILES string of the molecule is C=CCSCCNC(=NC)NCc1cccc(F)c1.I. The molecule has 3 nitrogen and oxygen atoms in total. The predicted molar refractivity (Wildman–Crippen MR) is 97.5 cm³/mol. The van der Waals surface area contributed by atoms with Gasteiger partial charge in [-0.25, -0.2) is 4.39 Å². The molecule has 20 heavy (non-hydrogen) atoms. The fourth-order valence-corrected chi connectivity index (χ4v) is 2.04. The van der Waals surface area contributed by atoms with Crippen LogP contribution >= 0.6 is 35.7 Å². The number of guanidine groups is 1. The summed E-state index contributed by atoms with van der Waals surface area (Å²) in [6.45, 7) is 5.06. The van der Waals surface area contributed by atoms with Gasteiger partial charge in [0.15, 0.2) is 5.96 Å². The van der Waals surface area contributed by atoms with E-state index in [-0.39, 0.29) is 29.8 Å². The maximum absolute atomic E-state index is 13.0. The van der Waals surface area contributed by atoms with Crippen LogP contribution < -0.4 is 10.6 Å². The minimum Gasteiger partial charge on any atom is -0.356 e. The number of rotatable bonds is 7. The third kappa shape index (κ3) is 8.42. The lowest BCUT2D eigenvalue weighted by atomic mass is 10.2. The molecule has 0 unspecified atom stereocenters. The maximum Gasteiger partial charge on any atom is 0.191 e. The van der Waals surface area contributed by atoms with Crippen molar-refractivity contribution in [3.05, 3.63) is 48.3 Å². The second-order valence-electron chi connectivity index (χ2n) is 3.85. The summed E-state index contributed by atoms with van der Waals surface area (Å²) in [6.07, 6.45) is 1.89. The van der Waals surface area contributed by atoms with Gasteiger partial charge in [0.2, 0.25) is 0 Å². The molecule has 112 valence electrons. The van der Waals surface area contributed by atoms with Gasteiger partial charge in [0.05, 0.1) is 0 Å². The highest BCUT2D eigenvalue weighted by molar-refractivity contribution is 14.0. The Hall–Kier alpha value is -0.760. The molecular formula is C14H21FIN3S. The molecule has 0 atom stereocenters. The molecule has 2 N–H and O–H groups in total. The monoisotopic (exact) mass is 409 g/mol. The average Bonchev–Trinajstić information content (AvgIpc) is 2.42. The molecular weight excluding hydrogens is 388 g/mol. The fraction of sp³-hybridized carbons (Fsp3) is 0.357. The highest BCUT2D eigenvalue weighted by atomic mass is 127. The first-order chi connectivity index (χ1) is 9.26. The van der Waals surface area contributed by atoms with E-state index < -0.39 is 0 Å². The third-order valence-electron chi connectivity index (χ3n) is 2.35. The normalized spacial score (nSPS) is 10.6. The quantitative estimate of drug-likeness (QED) is 0.239. The van der Waals surface area contributed by atoms with E-state index >= 15 is 0 Å². The van der Waals surface area contributed by atoms with Crippen molar-refractivity contribution in [1.29, 1.82) is 0 Å².